The number of nitrogens with two attached hydrogens (primary N) is 1. The topological polar surface area (TPSA) is 192 Å². The van der Waals surface area contributed by atoms with Crippen molar-refractivity contribution in [3.05, 3.63) is 72.9 Å². The molecule has 0 saturated carbocycles. The number of phosphoric acid groups is 1. The fraction of sp³-hybridized carbons (Fsp3) is 0.659. The summed E-state index contributed by atoms with van der Waals surface area (Å²) >= 11 is 0. The van der Waals surface area contributed by atoms with E-state index >= 15 is 0 Å². The average molecular weight is 824 g/mol. The second-order valence-corrected chi connectivity index (χ2v) is 15.4. The van der Waals surface area contributed by atoms with Crippen LogP contribution in [-0.2, 0) is 37.5 Å². The van der Waals surface area contributed by atoms with Crippen molar-refractivity contribution in [3.8, 4) is 0 Å². The number of carbonyl (C=O) groups excluding carboxylic acids is 2. The van der Waals surface area contributed by atoms with Crippen LogP contribution in [0.3, 0.4) is 0 Å². The van der Waals surface area contributed by atoms with E-state index in [0.29, 0.717) is 25.7 Å². The highest BCUT2D eigenvalue weighted by Crippen LogP contribution is 2.43. The molecule has 0 saturated heterocycles. The van der Waals surface area contributed by atoms with Crippen LogP contribution in [0.1, 0.15) is 149 Å². The lowest BCUT2D eigenvalue weighted by Crippen LogP contribution is -2.34. The summed E-state index contributed by atoms with van der Waals surface area (Å²) < 4.78 is 32.5. The van der Waals surface area contributed by atoms with Crippen molar-refractivity contribution < 1.29 is 52.6 Å². The van der Waals surface area contributed by atoms with Gasteiger partial charge in [0.25, 0.3) is 0 Å². The van der Waals surface area contributed by atoms with Gasteiger partial charge in [0.15, 0.2) is 6.10 Å². The van der Waals surface area contributed by atoms with Crippen LogP contribution in [-0.4, -0.2) is 71.1 Å². The Bertz CT molecular complexity index is 1260. The van der Waals surface area contributed by atoms with E-state index < -0.39 is 63.8 Å². The van der Waals surface area contributed by atoms with Crippen LogP contribution < -0.4 is 5.73 Å². The standard InChI is InChI=1S/C44H74NO11P/c1-3-5-7-9-11-12-13-14-15-20-23-27-31-35-43(48)56-40(37-54-57(51,52)55-38-41(45)44(49)50)36-53-42(47)34-30-26-22-19-17-16-18-21-25-29-33-39(46)32-28-24-10-8-6-4-2/h6,8,16-17,21-22,24-26,28-29,33,39-41,46H,3-5,7,9-15,18-20,23,27,30-32,34-38,45H2,1-2H3,(H,49,50)(H,51,52)/b8-6-,17-16-,25-21-,26-22-,28-24-,33-29+/t39?,40-,41+/m1/s1. The molecule has 0 fully saturated rings. The fourth-order valence-corrected chi connectivity index (χ4v) is 6.01. The number of carbonyl (C=O) groups is 3. The van der Waals surface area contributed by atoms with Gasteiger partial charge >= 0.3 is 25.7 Å². The smallest absolute Gasteiger partial charge is 0.472 e. The van der Waals surface area contributed by atoms with Crippen LogP contribution in [0.25, 0.3) is 0 Å². The van der Waals surface area contributed by atoms with Gasteiger partial charge in [0.2, 0.25) is 0 Å². The van der Waals surface area contributed by atoms with Crippen molar-refractivity contribution in [2.75, 3.05) is 19.8 Å². The van der Waals surface area contributed by atoms with Crippen LogP contribution in [0.4, 0.5) is 0 Å². The molecule has 13 heteroatoms. The van der Waals surface area contributed by atoms with E-state index in [1.54, 1.807) is 6.08 Å². The molecule has 0 aliphatic carbocycles. The lowest BCUT2D eigenvalue weighted by atomic mass is 10.0. The maximum Gasteiger partial charge on any atom is 0.472 e. The molecule has 0 spiro atoms. The Balaban J connectivity index is 4.56. The first-order valence-electron chi connectivity index (χ1n) is 21.1. The summed E-state index contributed by atoms with van der Waals surface area (Å²) in [5.41, 5.74) is 5.32. The molecule has 0 bridgehead atoms. The first kappa shape index (κ1) is 53.9. The Labute approximate surface area is 343 Å². The number of aliphatic hydroxyl groups is 1. The Hall–Kier alpha value is -3.12. The van der Waals surface area contributed by atoms with Crippen LogP contribution in [0.5, 0.6) is 0 Å². The number of allylic oxidation sites excluding steroid dienone is 10. The molecule has 326 valence electrons. The molecule has 57 heavy (non-hydrogen) atoms. The number of ether oxygens (including phenoxy) is 2. The van der Waals surface area contributed by atoms with Gasteiger partial charge in [0, 0.05) is 12.8 Å². The zero-order chi connectivity index (χ0) is 42.2. The zero-order valence-electron chi connectivity index (χ0n) is 34.8. The average Bonchev–Trinajstić information content (AvgIpc) is 3.18. The molecule has 0 rings (SSSR count). The molecule has 0 aromatic carbocycles. The number of aliphatic carboxylic acids is 1. The van der Waals surface area contributed by atoms with Gasteiger partial charge in [-0.2, -0.15) is 0 Å². The number of rotatable bonds is 38. The van der Waals surface area contributed by atoms with Crippen molar-refractivity contribution in [2.24, 2.45) is 5.73 Å². The van der Waals surface area contributed by atoms with Crippen LogP contribution >= 0.6 is 7.82 Å². The summed E-state index contributed by atoms with van der Waals surface area (Å²) in [6.45, 7) is 2.52. The van der Waals surface area contributed by atoms with Crippen molar-refractivity contribution >= 4 is 25.7 Å². The van der Waals surface area contributed by atoms with Crippen molar-refractivity contribution in [2.45, 2.75) is 167 Å². The molecule has 0 aliphatic heterocycles. The number of aliphatic hydroxyl groups excluding tert-OH is 1. The van der Waals surface area contributed by atoms with Crippen LogP contribution in [0.2, 0.25) is 0 Å². The number of carboxylic acids is 1. The molecule has 5 N–H and O–H groups in total. The number of phosphoric ester groups is 1. The Kier molecular flexibility index (Phi) is 36.3. The minimum Gasteiger partial charge on any atom is -0.480 e. The third kappa shape index (κ3) is 38.2. The van der Waals surface area contributed by atoms with Gasteiger partial charge in [0.1, 0.15) is 12.6 Å². The Morgan fingerprint density at radius 3 is 1.81 bits per heavy atom. The lowest BCUT2D eigenvalue weighted by Gasteiger charge is -2.20. The minimum absolute atomic E-state index is 0.0714. The summed E-state index contributed by atoms with van der Waals surface area (Å²) in [5.74, 6) is -2.53. The Morgan fingerprint density at radius 2 is 1.19 bits per heavy atom. The summed E-state index contributed by atoms with van der Waals surface area (Å²) in [6.07, 6.45) is 41.5. The molecule has 4 atom stereocenters. The van der Waals surface area contributed by atoms with E-state index in [1.165, 1.54) is 57.8 Å². The van der Waals surface area contributed by atoms with Gasteiger partial charge in [-0.1, -0.05) is 164 Å². The highest BCUT2D eigenvalue weighted by molar-refractivity contribution is 7.47. The molecular formula is C44H74NO11P. The largest absolute Gasteiger partial charge is 0.480 e. The number of carboxylic acid groups (broad SMARTS) is 1. The summed E-state index contributed by atoms with van der Waals surface area (Å²) in [5, 5.41) is 18.9. The maximum absolute atomic E-state index is 12.6. The van der Waals surface area contributed by atoms with Gasteiger partial charge < -0.3 is 30.3 Å². The van der Waals surface area contributed by atoms with E-state index in [9.17, 15) is 28.9 Å². The zero-order valence-corrected chi connectivity index (χ0v) is 35.7. The van der Waals surface area contributed by atoms with E-state index in [2.05, 4.69) is 30.5 Å². The second kappa shape index (κ2) is 38.4. The predicted octanol–water partition coefficient (Wildman–Crippen LogP) is 9.92. The van der Waals surface area contributed by atoms with E-state index in [1.807, 2.05) is 54.7 Å². The molecule has 0 radical (unpaired) electrons. The lowest BCUT2D eigenvalue weighted by molar-refractivity contribution is -0.161. The SMILES string of the molecule is CC/C=C\C/C=C\CC(O)/C=C/C=C\C/C=C\C/C=C\CCC(=O)OC[C@H](COP(=O)(O)OC[C@H](N)C(=O)O)OC(=O)CCCCCCCCCCCCCCC. The molecule has 12 nitrogen and oxygen atoms in total. The molecule has 0 aromatic rings. The number of unbranched alkanes of at least 4 members (excludes halogenated alkanes) is 12. The van der Waals surface area contributed by atoms with Crippen molar-refractivity contribution in [3.63, 3.8) is 0 Å². The van der Waals surface area contributed by atoms with E-state index in [0.717, 1.165) is 38.5 Å². The van der Waals surface area contributed by atoms with Gasteiger partial charge in [-0.25, -0.2) is 4.57 Å². The third-order valence-electron chi connectivity index (χ3n) is 8.56. The highest BCUT2D eigenvalue weighted by Gasteiger charge is 2.28. The van der Waals surface area contributed by atoms with Crippen molar-refractivity contribution in [1.82, 2.24) is 0 Å². The number of hydrogen-bond acceptors (Lipinski definition) is 10. The molecule has 0 aromatic heterocycles. The van der Waals surface area contributed by atoms with Gasteiger partial charge in [-0.05, 0) is 44.9 Å². The van der Waals surface area contributed by atoms with Gasteiger partial charge in [-0.3, -0.25) is 23.4 Å². The summed E-state index contributed by atoms with van der Waals surface area (Å²) in [7, 11) is -4.74. The number of esters is 2. The third-order valence-corrected chi connectivity index (χ3v) is 9.51. The fourth-order valence-electron chi connectivity index (χ4n) is 5.23. The van der Waals surface area contributed by atoms with E-state index in [-0.39, 0.29) is 12.8 Å². The van der Waals surface area contributed by atoms with Gasteiger partial charge in [-0.15, -0.1) is 0 Å². The van der Waals surface area contributed by atoms with Crippen LogP contribution in [0.15, 0.2) is 72.9 Å². The monoisotopic (exact) mass is 823 g/mol. The minimum atomic E-state index is -4.74. The van der Waals surface area contributed by atoms with Crippen molar-refractivity contribution in [1.29, 1.82) is 0 Å². The quantitative estimate of drug-likeness (QED) is 0.0152. The first-order chi connectivity index (χ1) is 27.5. The Morgan fingerprint density at radius 1 is 0.649 bits per heavy atom. The molecule has 0 amide bonds. The molecule has 0 aliphatic rings. The van der Waals surface area contributed by atoms with E-state index in [4.69, 9.17) is 24.8 Å². The summed E-state index contributed by atoms with van der Waals surface area (Å²) in [6, 6.07) is -1.54. The van der Waals surface area contributed by atoms with Crippen LogP contribution in [0, 0.1) is 0 Å². The highest BCUT2D eigenvalue weighted by atomic mass is 31.2. The molecule has 0 heterocycles. The second-order valence-electron chi connectivity index (χ2n) is 13.9. The molecule has 2 unspecified atom stereocenters. The normalized spacial score (nSPS) is 15.0. The summed E-state index contributed by atoms with van der Waals surface area (Å²) in [4.78, 5) is 45.9. The number of hydrogen-bond donors (Lipinski definition) is 4. The van der Waals surface area contributed by atoms with Gasteiger partial charge in [0.05, 0.1) is 19.3 Å². The first-order valence-corrected chi connectivity index (χ1v) is 22.6. The maximum atomic E-state index is 12.6. The molecular weight excluding hydrogens is 749 g/mol. The predicted molar refractivity (Wildman–Crippen MR) is 227 cm³/mol.